The summed E-state index contributed by atoms with van der Waals surface area (Å²) >= 11 is 1.53. The van der Waals surface area contributed by atoms with Gasteiger partial charge in [0.05, 0.1) is 28.2 Å². The van der Waals surface area contributed by atoms with E-state index in [1.165, 1.54) is 16.2 Å². The van der Waals surface area contributed by atoms with Gasteiger partial charge in [-0.2, -0.15) is 0 Å². The quantitative estimate of drug-likeness (QED) is 0.380. The van der Waals surface area contributed by atoms with E-state index < -0.39 is 53.0 Å². The van der Waals surface area contributed by atoms with E-state index in [0.29, 0.717) is 0 Å². The number of aryl methyl sites for hydroxylation is 1. The maximum absolute atomic E-state index is 14.5. The number of benzene rings is 1. The van der Waals surface area contributed by atoms with Gasteiger partial charge in [-0.1, -0.05) is 58.9 Å². The summed E-state index contributed by atoms with van der Waals surface area (Å²) in [6, 6.07) is 4.82. The van der Waals surface area contributed by atoms with Gasteiger partial charge in [-0.25, -0.2) is 9.37 Å². The number of halogens is 1. The van der Waals surface area contributed by atoms with Crippen molar-refractivity contribution in [2.45, 2.75) is 97.1 Å². The lowest BCUT2D eigenvalue weighted by molar-refractivity contribution is -0.145. The highest BCUT2D eigenvalue weighted by atomic mass is 32.1. The van der Waals surface area contributed by atoms with E-state index in [1.54, 1.807) is 40.1 Å². The highest BCUT2D eigenvalue weighted by Crippen LogP contribution is 2.40. The second-order valence-electron chi connectivity index (χ2n) is 12.9. The van der Waals surface area contributed by atoms with E-state index in [9.17, 15) is 28.7 Å². The van der Waals surface area contributed by atoms with Crippen molar-refractivity contribution in [1.82, 2.24) is 20.5 Å². The number of aliphatic hydroxyl groups is 1. The number of carbonyl (C=O) groups excluding carboxylic acids is 4. The van der Waals surface area contributed by atoms with Gasteiger partial charge >= 0.3 is 0 Å². The van der Waals surface area contributed by atoms with Crippen LogP contribution in [0.15, 0.2) is 29.8 Å². The second kappa shape index (κ2) is 12.2. The first-order valence-electron chi connectivity index (χ1n) is 14.4. The molecule has 3 N–H and O–H groups in total. The van der Waals surface area contributed by atoms with Gasteiger partial charge in [0.2, 0.25) is 11.8 Å². The largest absolute Gasteiger partial charge is 0.391 e. The van der Waals surface area contributed by atoms with Gasteiger partial charge in [-0.05, 0) is 36.3 Å². The van der Waals surface area contributed by atoms with Crippen molar-refractivity contribution in [3.63, 3.8) is 0 Å². The number of nitrogens with one attached hydrogen (secondary N) is 2. The molecule has 1 saturated heterocycles. The number of ketones is 1. The van der Waals surface area contributed by atoms with Crippen LogP contribution in [0.2, 0.25) is 0 Å². The number of amides is 3. The molecule has 2 aliphatic rings. The van der Waals surface area contributed by atoms with E-state index in [0.717, 1.165) is 21.7 Å². The van der Waals surface area contributed by atoms with Crippen LogP contribution < -0.4 is 10.6 Å². The second-order valence-corrected chi connectivity index (χ2v) is 13.8. The molecular weight excluding hydrogens is 559 g/mol. The Hall–Kier alpha value is -3.18. The first-order valence-corrected chi connectivity index (χ1v) is 15.3. The Morgan fingerprint density at radius 2 is 1.79 bits per heavy atom. The van der Waals surface area contributed by atoms with E-state index >= 15 is 0 Å². The highest BCUT2D eigenvalue weighted by molar-refractivity contribution is 7.13. The van der Waals surface area contributed by atoms with Gasteiger partial charge in [-0.3, -0.25) is 19.2 Å². The number of thiazole rings is 1. The van der Waals surface area contributed by atoms with Crippen LogP contribution in [-0.4, -0.2) is 68.9 Å². The standard InChI is InChI=1S/C31H41FN4O5S/c1-17(2)24(38)14-22(19-7-9-20(10-8-19)25-18(3)33-16-42-25)34-27(39)23-13-21(37)15-36(23)28(40)26(30(4,5)6)35-29(41)31(32)11-12-31/h7-10,16-17,21-23,26,37H,11-15H2,1-6H3,(H,34,39)(H,35,41)/t21-,22+,23+,26-/m1/s1. The molecule has 1 saturated carbocycles. The van der Waals surface area contributed by atoms with Crippen LogP contribution in [-0.2, 0) is 19.2 Å². The van der Waals surface area contributed by atoms with Crippen LogP contribution in [0.1, 0.15) is 77.6 Å². The molecule has 1 aliphatic carbocycles. The summed E-state index contributed by atoms with van der Waals surface area (Å²) in [5.41, 5.74) is 1.67. The summed E-state index contributed by atoms with van der Waals surface area (Å²) in [4.78, 5) is 59.5. The molecule has 11 heteroatoms. The molecule has 0 radical (unpaired) electrons. The van der Waals surface area contributed by atoms with Gasteiger partial charge < -0.3 is 20.6 Å². The molecule has 0 bridgehead atoms. The minimum atomic E-state index is -1.96. The van der Waals surface area contributed by atoms with E-state index in [2.05, 4.69) is 15.6 Å². The van der Waals surface area contributed by atoms with Crippen LogP contribution in [0.5, 0.6) is 0 Å². The van der Waals surface area contributed by atoms with E-state index in [1.807, 2.05) is 31.2 Å². The van der Waals surface area contributed by atoms with Crippen LogP contribution >= 0.6 is 11.3 Å². The van der Waals surface area contributed by atoms with Crippen molar-refractivity contribution < 1.29 is 28.7 Å². The summed E-state index contributed by atoms with van der Waals surface area (Å²) < 4.78 is 14.5. The Labute approximate surface area is 250 Å². The fraction of sp³-hybridized carbons (Fsp3) is 0.581. The predicted molar refractivity (Wildman–Crippen MR) is 158 cm³/mol. The molecule has 2 heterocycles. The maximum atomic E-state index is 14.5. The van der Waals surface area contributed by atoms with E-state index in [-0.39, 0.29) is 43.9 Å². The topological polar surface area (TPSA) is 129 Å². The zero-order valence-corrected chi connectivity index (χ0v) is 25.9. The molecule has 1 aromatic carbocycles. The predicted octanol–water partition coefficient (Wildman–Crippen LogP) is 3.89. The smallest absolute Gasteiger partial charge is 0.258 e. The van der Waals surface area contributed by atoms with Crippen molar-refractivity contribution in [1.29, 1.82) is 0 Å². The summed E-state index contributed by atoms with van der Waals surface area (Å²) in [5.74, 6) is -2.17. The molecule has 2 fully saturated rings. The Morgan fingerprint density at radius 3 is 2.31 bits per heavy atom. The third-order valence-corrected chi connectivity index (χ3v) is 9.01. The fourth-order valence-electron chi connectivity index (χ4n) is 5.12. The molecule has 42 heavy (non-hydrogen) atoms. The summed E-state index contributed by atoms with van der Waals surface area (Å²) in [6.07, 6.45) is -0.666. The van der Waals surface area contributed by atoms with Crippen molar-refractivity contribution in [2.24, 2.45) is 11.3 Å². The zero-order chi connectivity index (χ0) is 31.0. The third kappa shape index (κ3) is 7.06. The van der Waals surface area contributed by atoms with Gasteiger partial charge in [0.15, 0.2) is 5.67 Å². The van der Waals surface area contributed by atoms with Crippen LogP contribution in [0.25, 0.3) is 10.4 Å². The Kier molecular flexibility index (Phi) is 9.22. The average Bonchev–Trinajstić information content (AvgIpc) is 3.33. The summed E-state index contributed by atoms with van der Waals surface area (Å²) in [7, 11) is 0. The lowest BCUT2D eigenvalue weighted by Gasteiger charge is -2.36. The van der Waals surface area contributed by atoms with E-state index in [4.69, 9.17) is 0 Å². The highest BCUT2D eigenvalue weighted by Gasteiger charge is 2.53. The Bertz CT molecular complexity index is 1330. The van der Waals surface area contributed by atoms with Crippen LogP contribution in [0, 0.1) is 18.3 Å². The van der Waals surface area contributed by atoms with Crippen molar-refractivity contribution >= 4 is 34.8 Å². The molecule has 9 nitrogen and oxygen atoms in total. The number of likely N-dealkylation sites (tertiary alicyclic amines) is 1. The van der Waals surface area contributed by atoms with Gasteiger partial charge in [0.1, 0.15) is 17.9 Å². The monoisotopic (exact) mass is 600 g/mol. The van der Waals surface area contributed by atoms with Crippen molar-refractivity contribution in [3.8, 4) is 10.4 Å². The minimum Gasteiger partial charge on any atom is -0.391 e. The first-order chi connectivity index (χ1) is 19.6. The molecule has 1 aromatic heterocycles. The van der Waals surface area contributed by atoms with Gasteiger partial charge in [0.25, 0.3) is 5.91 Å². The summed E-state index contributed by atoms with van der Waals surface area (Å²) in [6.45, 7) is 10.7. The lowest BCUT2D eigenvalue weighted by Crippen LogP contribution is -2.59. The van der Waals surface area contributed by atoms with Crippen LogP contribution in [0.3, 0.4) is 0 Å². The van der Waals surface area contributed by atoms with Gasteiger partial charge in [0, 0.05) is 25.3 Å². The fourth-order valence-corrected chi connectivity index (χ4v) is 5.93. The van der Waals surface area contributed by atoms with Crippen molar-refractivity contribution in [3.05, 3.63) is 41.0 Å². The SMILES string of the molecule is Cc1ncsc1-c1ccc([C@H](CC(=O)C(C)C)NC(=O)[C@@H]2C[C@@H](O)CN2C(=O)[C@@H](NC(=O)C2(F)CC2)C(C)(C)C)cc1. The van der Waals surface area contributed by atoms with Gasteiger partial charge in [-0.15, -0.1) is 11.3 Å². The number of β-amino-alcohol motifs (C(OH)–C–C–N with tert-alkyl or cyclic N) is 1. The number of Topliss-reactive ketones (excluding diaryl/α,β-unsaturated/α-hetero) is 1. The molecular formula is C31H41FN4O5S. The Balaban J connectivity index is 1.56. The molecule has 2 aromatic rings. The number of alkyl halides is 1. The van der Waals surface area contributed by atoms with Crippen molar-refractivity contribution in [2.75, 3.05) is 6.54 Å². The Morgan fingerprint density at radius 1 is 1.14 bits per heavy atom. The number of rotatable bonds is 10. The molecule has 4 atom stereocenters. The summed E-state index contributed by atoms with van der Waals surface area (Å²) in [5, 5.41) is 16.0. The normalized spacial score (nSPS) is 21.1. The molecule has 4 rings (SSSR count). The zero-order valence-electron chi connectivity index (χ0n) is 25.1. The molecule has 1 aliphatic heterocycles. The average molecular weight is 601 g/mol. The van der Waals surface area contributed by atoms with Crippen LogP contribution in [0.4, 0.5) is 4.39 Å². The molecule has 3 amide bonds. The number of aromatic nitrogens is 1. The first kappa shape index (κ1) is 31.7. The lowest BCUT2D eigenvalue weighted by atomic mass is 9.85. The number of hydrogen-bond donors (Lipinski definition) is 3. The number of hydrogen-bond acceptors (Lipinski definition) is 7. The number of aliphatic hydroxyl groups excluding tert-OH is 1. The minimum absolute atomic E-state index is 0.00384. The molecule has 0 unspecified atom stereocenters. The number of carbonyl (C=O) groups is 4. The molecule has 0 spiro atoms. The number of nitrogens with zero attached hydrogens (tertiary/aromatic N) is 2. The molecule has 228 valence electrons. The third-order valence-electron chi connectivity index (χ3n) is 8.04. The maximum Gasteiger partial charge on any atom is 0.258 e.